The van der Waals surface area contributed by atoms with Crippen LogP contribution < -0.4 is 9.62 Å². The van der Waals surface area contributed by atoms with Gasteiger partial charge in [0.05, 0.1) is 16.1 Å². The van der Waals surface area contributed by atoms with E-state index in [0.717, 1.165) is 29.5 Å². The second-order valence-electron chi connectivity index (χ2n) is 9.31. The van der Waals surface area contributed by atoms with Gasteiger partial charge in [0, 0.05) is 18.7 Å². The molecule has 41 heavy (non-hydrogen) atoms. The van der Waals surface area contributed by atoms with E-state index in [2.05, 4.69) is 5.32 Å². The number of nitrogens with one attached hydrogen (secondary N) is 1. The van der Waals surface area contributed by atoms with Crippen LogP contribution in [0.5, 0.6) is 0 Å². The standard InChI is InChI=1S/C29H31F4N3O4S/c1-3-4-17-34-28(38)21(2)35(19-22-11-8-9-16-26(22)30)27(37)20-36(41(39,40)25-14-6-5-7-15-25)24-13-10-12-23(18-24)29(31,32)33/h5-16,18,21H,3-4,17,19-20H2,1-2H3,(H,34,38)/t21-/m1/s1. The minimum Gasteiger partial charge on any atom is -0.354 e. The van der Waals surface area contributed by atoms with Gasteiger partial charge in [0.15, 0.2) is 0 Å². The summed E-state index contributed by atoms with van der Waals surface area (Å²) in [4.78, 5) is 27.4. The highest BCUT2D eigenvalue weighted by molar-refractivity contribution is 7.92. The zero-order valence-corrected chi connectivity index (χ0v) is 23.4. The maximum atomic E-state index is 14.6. The SMILES string of the molecule is CCCCNC(=O)[C@@H](C)N(Cc1ccccc1F)C(=O)CN(c1cccc(C(F)(F)F)c1)S(=O)(=O)c1ccccc1. The van der Waals surface area contributed by atoms with Gasteiger partial charge in [-0.3, -0.25) is 13.9 Å². The molecular formula is C29H31F4N3O4S. The van der Waals surface area contributed by atoms with Crippen molar-refractivity contribution in [3.63, 3.8) is 0 Å². The van der Waals surface area contributed by atoms with Gasteiger partial charge >= 0.3 is 6.18 Å². The molecule has 12 heteroatoms. The van der Waals surface area contributed by atoms with Gasteiger partial charge in [0.25, 0.3) is 10.0 Å². The number of unbranched alkanes of at least 4 members (excludes halogenated alkanes) is 1. The van der Waals surface area contributed by atoms with Crippen LogP contribution in [0.1, 0.15) is 37.8 Å². The highest BCUT2D eigenvalue weighted by atomic mass is 32.2. The van der Waals surface area contributed by atoms with Crippen molar-refractivity contribution < 1.29 is 35.6 Å². The Labute approximate surface area is 236 Å². The molecule has 0 saturated carbocycles. The molecule has 0 radical (unpaired) electrons. The van der Waals surface area contributed by atoms with E-state index < -0.39 is 57.7 Å². The number of halogens is 4. The van der Waals surface area contributed by atoms with E-state index in [0.29, 0.717) is 23.3 Å². The van der Waals surface area contributed by atoms with Crippen LogP contribution in [0.15, 0.2) is 83.8 Å². The fourth-order valence-electron chi connectivity index (χ4n) is 4.01. The van der Waals surface area contributed by atoms with Gasteiger partial charge in [-0.15, -0.1) is 0 Å². The van der Waals surface area contributed by atoms with E-state index >= 15 is 0 Å². The Morgan fingerprint density at radius 1 is 0.951 bits per heavy atom. The second-order valence-corrected chi connectivity index (χ2v) is 11.2. The van der Waals surface area contributed by atoms with Crippen LogP contribution in [0.2, 0.25) is 0 Å². The molecule has 0 fully saturated rings. The van der Waals surface area contributed by atoms with Gasteiger partial charge in [-0.1, -0.05) is 55.8 Å². The molecule has 2 amide bonds. The average molecular weight is 594 g/mol. The number of anilines is 1. The van der Waals surface area contributed by atoms with Crippen molar-refractivity contribution in [1.29, 1.82) is 0 Å². The third-order valence-electron chi connectivity index (χ3n) is 6.37. The topological polar surface area (TPSA) is 86.8 Å². The summed E-state index contributed by atoms with van der Waals surface area (Å²) in [5.74, 6) is -2.10. The first-order valence-electron chi connectivity index (χ1n) is 12.9. The number of carbonyl (C=O) groups is 2. The van der Waals surface area contributed by atoms with E-state index in [1.807, 2.05) is 6.92 Å². The Morgan fingerprint density at radius 3 is 2.24 bits per heavy atom. The summed E-state index contributed by atoms with van der Waals surface area (Å²) in [7, 11) is -4.55. The van der Waals surface area contributed by atoms with Crippen molar-refractivity contribution in [1.82, 2.24) is 10.2 Å². The van der Waals surface area contributed by atoms with Crippen LogP contribution in [0.4, 0.5) is 23.2 Å². The van der Waals surface area contributed by atoms with Crippen LogP contribution in [0.25, 0.3) is 0 Å². The van der Waals surface area contributed by atoms with Gasteiger partial charge in [0.1, 0.15) is 18.4 Å². The Balaban J connectivity index is 2.06. The molecule has 0 aromatic heterocycles. The quantitative estimate of drug-likeness (QED) is 0.226. The average Bonchev–Trinajstić information content (AvgIpc) is 2.95. The minimum absolute atomic E-state index is 0.0746. The fourth-order valence-corrected chi connectivity index (χ4v) is 5.44. The molecule has 0 heterocycles. The summed E-state index contributed by atoms with van der Waals surface area (Å²) in [6.45, 7) is 2.36. The van der Waals surface area contributed by atoms with Crippen LogP contribution in [0.3, 0.4) is 0 Å². The smallest absolute Gasteiger partial charge is 0.354 e. The lowest BCUT2D eigenvalue weighted by Crippen LogP contribution is -2.51. The van der Waals surface area contributed by atoms with Crippen LogP contribution in [-0.4, -0.2) is 44.3 Å². The van der Waals surface area contributed by atoms with Crippen LogP contribution >= 0.6 is 0 Å². The van der Waals surface area contributed by atoms with E-state index in [-0.39, 0.29) is 17.0 Å². The molecule has 0 aliphatic carbocycles. The van der Waals surface area contributed by atoms with Gasteiger partial charge in [-0.2, -0.15) is 13.2 Å². The molecule has 0 bridgehead atoms. The molecule has 0 aliphatic heterocycles. The number of carbonyl (C=O) groups excluding carboxylic acids is 2. The number of nitrogens with zero attached hydrogens (tertiary/aromatic N) is 2. The number of benzene rings is 3. The predicted octanol–water partition coefficient (Wildman–Crippen LogP) is 5.37. The molecular weight excluding hydrogens is 562 g/mol. The summed E-state index contributed by atoms with van der Waals surface area (Å²) < 4.78 is 83.1. The number of rotatable bonds is 12. The Kier molecular flexibility index (Phi) is 10.5. The van der Waals surface area contributed by atoms with Crippen molar-refractivity contribution in [2.45, 2.75) is 50.3 Å². The van der Waals surface area contributed by atoms with E-state index in [1.165, 1.54) is 49.4 Å². The van der Waals surface area contributed by atoms with Gasteiger partial charge < -0.3 is 10.2 Å². The number of alkyl halides is 3. The first-order valence-corrected chi connectivity index (χ1v) is 14.4. The Bertz CT molecular complexity index is 1450. The molecule has 0 aliphatic rings. The predicted molar refractivity (Wildman–Crippen MR) is 147 cm³/mol. The Morgan fingerprint density at radius 2 is 1.61 bits per heavy atom. The zero-order chi connectivity index (χ0) is 30.2. The van der Waals surface area contributed by atoms with Crippen molar-refractivity contribution in [3.05, 3.63) is 95.8 Å². The largest absolute Gasteiger partial charge is 0.416 e. The highest BCUT2D eigenvalue weighted by Gasteiger charge is 2.35. The van der Waals surface area contributed by atoms with E-state index in [4.69, 9.17) is 0 Å². The molecule has 220 valence electrons. The summed E-state index contributed by atoms with van der Waals surface area (Å²) >= 11 is 0. The molecule has 0 unspecified atom stereocenters. The van der Waals surface area contributed by atoms with Crippen molar-refractivity contribution in [2.24, 2.45) is 0 Å². The minimum atomic E-state index is -4.77. The molecule has 0 saturated heterocycles. The fraction of sp³-hybridized carbons (Fsp3) is 0.310. The Hall–Kier alpha value is -3.93. The second kappa shape index (κ2) is 13.6. The molecule has 7 nitrogen and oxygen atoms in total. The lowest BCUT2D eigenvalue weighted by molar-refractivity contribution is -0.139. The summed E-state index contributed by atoms with van der Waals surface area (Å²) in [5, 5.41) is 2.70. The lowest BCUT2D eigenvalue weighted by Gasteiger charge is -2.32. The van der Waals surface area contributed by atoms with Crippen LogP contribution in [-0.2, 0) is 32.3 Å². The third kappa shape index (κ3) is 8.06. The number of hydrogen-bond donors (Lipinski definition) is 1. The van der Waals surface area contributed by atoms with Gasteiger partial charge in [0.2, 0.25) is 11.8 Å². The van der Waals surface area contributed by atoms with E-state index in [1.54, 1.807) is 12.1 Å². The molecule has 3 aromatic rings. The zero-order valence-electron chi connectivity index (χ0n) is 22.6. The molecule has 1 N–H and O–H groups in total. The third-order valence-corrected chi connectivity index (χ3v) is 8.15. The summed E-state index contributed by atoms with van der Waals surface area (Å²) in [5.41, 5.74) is -1.43. The first-order chi connectivity index (χ1) is 19.4. The van der Waals surface area contributed by atoms with Gasteiger partial charge in [-0.05, 0) is 49.7 Å². The highest BCUT2D eigenvalue weighted by Crippen LogP contribution is 2.33. The summed E-state index contributed by atoms with van der Waals surface area (Å²) in [6, 6.07) is 15.0. The van der Waals surface area contributed by atoms with Crippen molar-refractivity contribution >= 4 is 27.5 Å². The lowest BCUT2D eigenvalue weighted by atomic mass is 10.1. The number of sulfonamides is 1. The molecule has 3 rings (SSSR count). The normalized spacial score (nSPS) is 12.4. The number of hydrogen-bond acceptors (Lipinski definition) is 4. The first kappa shape index (κ1) is 31.6. The number of amides is 2. The molecule has 3 aromatic carbocycles. The van der Waals surface area contributed by atoms with Crippen LogP contribution in [0, 0.1) is 5.82 Å². The molecule has 1 atom stereocenters. The van der Waals surface area contributed by atoms with Crippen molar-refractivity contribution in [2.75, 3.05) is 17.4 Å². The van der Waals surface area contributed by atoms with E-state index in [9.17, 15) is 35.6 Å². The monoisotopic (exact) mass is 593 g/mol. The van der Waals surface area contributed by atoms with Crippen molar-refractivity contribution in [3.8, 4) is 0 Å². The molecule has 0 spiro atoms. The maximum absolute atomic E-state index is 14.6. The van der Waals surface area contributed by atoms with Gasteiger partial charge in [-0.25, -0.2) is 12.8 Å². The summed E-state index contributed by atoms with van der Waals surface area (Å²) in [6.07, 6.45) is -3.29. The maximum Gasteiger partial charge on any atom is 0.416 e.